The summed E-state index contributed by atoms with van der Waals surface area (Å²) in [6.45, 7) is 2.03. The highest BCUT2D eigenvalue weighted by atomic mass is 79.9. The van der Waals surface area contributed by atoms with Crippen LogP contribution < -0.4 is 10.1 Å². The topological polar surface area (TPSA) is 41.6 Å². The highest BCUT2D eigenvalue weighted by molar-refractivity contribution is 9.10. The predicted octanol–water partition coefficient (Wildman–Crippen LogP) is 4.83. The van der Waals surface area contributed by atoms with E-state index in [2.05, 4.69) is 33.2 Å². The van der Waals surface area contributed by atoms with Gasteiger partial charge in [0.2, 0.25) is 0 Å². The maximum atomic E-state index is 12.4. The lowest BCUT2D eigenvalue weighted by atomic mass is 10.1. The average Bonchev–Trinajstić information content (AvgIpc) is 2.60. The van der Waals surface area contributed by atoms with Crippen LogP contribution in [0.2, 0.25) is 5.02 Å². The third-order valence-corrected chi connectivity index (χ3v) is 5.27. The van der Waals surface area contributed by atoms with E-state index in [9.17, 15) is 4.79 Å². The number of hydrogen-bond acceptors (Lipinski definition) is 3. The molecule has 1 fully saturated rings. The van der Waals surface area contributed by atoms with Gasteiger partial charge in [-0.25, -0.2) is 0 Å². The zero-order valence-electron chi connectivity index (χ0n) is 14.0. The van der Waals surface area contributed by atoms with Crippen LogP contribution >= 0.6 is 27.5 Å². The van der Waals surface area contributed by atoms with E-state index in [0.717, 1.165) is 30.4 Å². The highest BCUT2D eigenvalue weighted by Gasteiger charge is 2.19. The molecule has 2 aromatic rings. The molecule has 0 radical (unpaired) electrons. The van der Waals surface area contributed by atoms with Crippen molar-refractivity contribution >= 4 is 39.1 Å². The maximum absolute atomic E-state index is 12.4. The van der Waals surface area contributed by atoms with Crippen molar-refractivity contribution in [2.75, 3.05) is 25.5 Å². The third kappa shape index (κ3) is 4.75. The van der Waals surface area contributed by atoms with E-state index >= 15 is 0 Å². The van der Waals surface area contributed by atoms with Gasteiger partial charge in [0.05, 0.1) is 10.6 Å². The van der Waals surface area contributed by atoms with Gasteiger partial charge < -0.3 is 15.0 Å². The van der Waals surface area contributed by atoms with Crippen molar-refractivity contribution < 1.29 is 9.53 Å². The molecule has 1 N–H and O–H groups in total. The van der Waals surface area contributed by atoms with Gasteiger partial charge in [-0.1, -0.05) is 23.7 Å². The number of amides is 1. The van der Waals surface area contributed by atoms with Gasteiger partial charge in [0.15, 0.2) is 0 Å². The summed E-state index contributed by atoms with van der Waals surface area (Å²) in [6, 6.07) is 12.6. The molecule has 1 aliphatic rings. The Morgan fingerprint density at radius 2 is 1.96 bits per heavy atom. The Labute approximate surface area is 161 Å². The third-order valence-electron chi connectivity index (χ3n) is 4.27. The quantitative estimate of drug-likeness (QED) is 0.766. The summed E-state index contributed by atoms with van der Waals surface area (Å²) in [5.41, 5.74) is 1.24. The van der Waals surface area contributed by atoms with Crippen LogP contribution in [0.3, 0.4) is 0 Å². The molecule has 3 rings (SSSR count). The number of likely N-dealkylation sites (tertiary alicyclic amines) is 1. The molecule has 1 aliphatic heterocycles. The van der Waals surface area contributed by atoms with E-state index in [1.165, 1.54) is 0 Å². The van der Waals surface area contributed by atoms with Crippen molar-refractivity contribution in [3.05, 3.63) is 57.5 Å². The number of rotatable bonds is 4. The number of benzene rings is 2. The molecule has 1 saturated heterocycles. The number of ether oxygens (including phenoxy) is 1. The minimum Gasteiger partial charge on any atom is -0.489 e. The SMILES string of the molecule is CN1CCC(Oc2cc(NC(=O)c3ccccc3Br)ccc2Cl)CC1. The Bertz CT molecular complexity index is 761. The molecule has 6 heteroatoms. The summed E-state index contributed by atoms with van der Waals surface area (Å²) >= 11 is 9.66. The Morgan fingerprint density at radius 3 is 2.68 bits per heavy atom. The number of carbonyl (C=O) groups excluding carboxylic acids is 1. The van der Waals surface area contributed by atoms with Crippen LogP contribution in [-0.2, 0) is 0 Å². The molecule has 1 heterocycles. The van der Waals surface area contributed by atoms with Crippen LogP contribution in [0.5, 0.6) is 5.75 Å². The summed E-state index contributed by atoms with van der Waals surface area (Å²) in [7, 11) is 2.11. The van der Waals surface area contributed by atoms with Crippen molar-refractivity contribution in [2.24, 2.45) is 0 Å². The second-order valence-corrected chi connectivity index (χ2v) is 7.46. The fraction of sp³-hybridized carbons (Fsp3) is 0.316. The molecule has 0 unspecified atom stereocenters. The van der Waals surface area contributed by atoms with Crippen LogP contribution in [0, 0.1) is 0 Å². The number of carbonyl (C=O) groups is 1. The Hall–Kier alpha value is -1.56. The number of halogens is 2. The standard InChI is InChI=1S/C19H20BrClN2O2/c1-23-10-8-14(9-11-23)25-18-12-13(6-7-17(18)21)22-19(24)15-4-2-3-5-16(15)20/h2-7,12,14H,8-11H2,1H3,(H,22,24). The fourth-order valence-electron chi connectivity index (χ4n) is 2.80. The predicted molar refractivity (Wildman–Crippen MR) is 105 cm³/mol. The van der Waals surface area contributed by atoms with E-state index in [0.29, 0.717) is 22.0 Å². The van der Waals surface area contributed by atoms with E-state index in [1.54, 1.807) is 24.3 Å². The van der Waals surface area contributed by atoms with Gasteiger partial charge in [-0.3, -0.25) is 4.79 Å². The molecule has 4 nitrogen and oxygen atoms in total. The lowest BCUT2D eigenvalue weighted by Gasteiger charge is -2.29. The lowest BCUT2D eigenvalue weighted by molar-refractivity contribution is 0.102. The minimum absolute atomic E-state index is 0.155. The van der Waals surface area contributed by atoms with Gasteiger partial charge in [-0.05, 0) is 60.1 Å². The zero-order chi connectivity index (χ0) is 17.8. The lowest BCUT2D eigenvalue weighted by Crippen LogP contribution is -2.35. The summed E-state index contributed by atoms with van der Waals surface area (Å²) in [4.78, 5) is 14.7. The first kappa shape index (κ1) is 18.2. The van der Waals surface area contributed by atoms with Crippen molar-refractivity contribution in [3.63, 3.8) is 0 Å². The summed E-state index contributed by atoms with van der Waals surface area (Å²) < 4.78 is 6.82. The Kier molecular flexibility index (Phi) is 5.99. The van der Waals surface area contributed by atoms with Crippen molar-refractivity contribution in [1.29, 1.82) is 0 Å². The van der Waals surface area contributed by atoms with Gasteiger partial charge in [-0.2, -0.15) is 0 Å². The molecule has 0 aromatic heterocycles. The molecule has 2 aromatic carbocycles. The number of nitrogens with one attached hydrogen (secondary N) is 1. The first-order chi connectivity index (χ1) is 12.0. The normalized spacial score (nSPS) is 15.8. The molecule has 0 bridgehead atoms. The second-order valence-electron chi connectivity index (χ2n) is 6.20. The number of anilines is 1. The van der Waals surface area contributed by atoms with Gasteiger partial charge >= 0.3 is 0 Å². The number of hydrogen-bond donors (Lipinski definition) is 1. The van der Waals surface area contributed by atoms with Gasteiger partial charge in [0, 0.05) is 29.3 Å². The maximum Gasteiger partial charge on any atom is 0.256 e. The van der Waals surface area contributed by atoms with Crippen molar-refractivity contribution in [1.82, 2.24) is 4.90 Å². The molecular formula is C19H20BrClN2O2. The molecule has 0 atom stereocenters. The molecule has 25 heavy (non-hydrogen) atoms. The van der Waals surface area contributed by atoms with Crippen LogP contribution in [0.25, 0.3) is 0 Å². The molecule has 0 saturated carbocycles. The summed E-state index contributed by atoms with van der Waals surface area (Å²) in [6.07, 6.45) is 2.10. The number of nitrogens with zero attached hydrogens (tertiary/aromatic N) is 1. The van der Waals surface area contributed by atoms with Crippen molar-refractivity contribution in [2.45, 2.75) is 18.9 Å². The first-order valence-corrected chi connectivity index (χ1v) is 9.40. The van der Waals surface area contributed by atoms with Crippen LogP contribution in [0.4, 0.5) is 5.69 Å². The smallest absolute Gasteiger partial charge is 0.256 e. The van der Waals surface area contributed by atoms with Crippen molar-refractivity contribution in [3.8, 4) is 5.75 Å². The van der Waals surface area contributed by atoms with E-state index in [-0.39, 0.29) is 12.0 Å². The van der Waals surface area contributed by atoms with Gasteiger partial charge in [0.1, 0.15) is 11.9 Å². The molecular weight excluding hydrogens is 404 g/mol. The average molecular weight is 424 g/mol. The van der Waals surface area contributed by atoms with E-state index in [4.69, 9.17) is 16.3 Å². The second kappa shape index (κ2) is 8.21. The van der Waals surface area contributed by atoms with Crippen LogP contribution in [0.15, 0.2) is 46.9 Å². The monoisotopic (exact) mass is 422 g/mol. The molecule has 1 amide bonds. The fourth-order valence-corrected chi connectivity index (χ4v) is 3.42. The zero-order valence-corrected chi connectivity index (χ0v) is 16.3. The first-order valence-electron chi connectivity index (χ1n) is 8.23. The van der Waals surface area contributed by atoms with Gasteiger partial charge in [0.25, 0.3) is 5.91 Å². The Balaban J connectivity index is 1.71. The summed E-state index contributed by atoms with van der Waals surface area (Å²) in [5.74, 6) is 0.432. The highest BCUT2D eigenvalue weighted by Crippen LogP contribution is 2.30. The Morgan fingerprint density at radius 1 is 1.24 bits per heavy atom. The molecule has 0 spiro atoms. The van der Waals surface area contributed by atoms with E-state index < -0.39 is 0 Å². The summed E-state index contributed by atoms with van der Waals surface area (Å²) in [5, 5.41) is 3.45. The van der Waals surface area contributed by atoms with E-state index in [1.807, 2.05) is 18.2 Å². The van der Waals surface area contributed by atoms with Crippen LogP contribution in [-0.4, -0.2) is 37.0 Å². The molecule has 0 aliphatic carbocycles. The minimum atomic E-state index is -0.181. The van der Waals surface area contributed by atoms with Crippen LogP contribution in [0.1, 0.15) is 23.2 Å². The van der Waals surface area contributed by atoms with Gasteiger partial charge in [-0.15, -0.1) is 0 Å². The largest absolute Gasteiger partial charge is 0.489 e. The molecule has 132 valence electrons. The number of piperidine rings is 1.